The first-order valence-electron chi connectivity index (χ1n) is 6.53. The lowest BCUT2D eigenvalue weighted by molar-refractivity contribution is 0.413. The van der Waals surface area contributed by atoms with Gasteiger partial charge in [0.2, 0.25) is 10.0 Å². The zero-order chi connectivity index (χ0) is 15.3. The molecular formula is C15H17ClN2O2S. The van der Waals surface area contributed by atoms with Crippen molar-refractivity contribution in [2.75, 3.05) is 12.8 Å². The molecule has 1 aromatic heterocycles. The highest BCUT2D eigenvalue weighted by Gasteiger charge is 2.16. The number of benzene rings is 1. The van der Waals surface area contributed by atoms with Gasteiger partial charge in [-0.25, -0.2) is 8.42 Å². The smallest absolute Gasteiger partial charge is 0.211 e. The molecule has 6 heteroatoms. The lowest BCUT2D eigenvalue weighted by Gasteiger charge is -2.20. The third kappa shape index (κ3) is 5.12. The fourth-order valence-electron chi connectivity index (χ4n) is 1.96. The number of pyridine rings is 1. The van der Waals surface area contributed by atoms with Crippen molar-refractivity contribution in [1.82, 2.24) is 9.29 Å². The topological polar surface area (TPSA) is 50.3 Å². The van der Waals surface area contributed by atoms with Crippen molar-refractivity contribution in [3.05, 3.63) is 64.9 Å². The van der Waals surface area contributed by atoms with Crippen LogP contribution in [0.5, 0.6) is 0 Å². The molecule has 0 atom stereocenters. The Morgan fingerprint density at radius 1 is 1.14 bits per heavy atom. The molecule has 0 bridgehead atoms. The Bertz CT molecular complexity index is 673. The second-order valence-corrected chi connectivity index (χ2v) is 7.25. The van der Waals surface area contributed by atoms with Crippen LogP contribution < -0.4 is 0 Å². The van der Waals surface area contributed by atoms with E-state index in [-0.39, 0.29) is 0 Å². The molecule has 2 aromatic rings. The molecule has 0 aliphatic heterocycles. The minimum atomic E-state index is -3.26. The molecule has 0 amide bonds. The SMILES string of the molecule is CS(=O)(=O)N(CCc1ccc(Cl)cc1)Cc1cccnc1. The lowest BCUT2D eigenvalue weighted by Crippen LogP contribution is -2.31. The second-order valence-electron chi connectivity index (χ2n) is 4.83. The number of sulfonamides is 1. The van der Waals surface area contributed by atoms with Gasteiger partial charge in [0.05, 0.1) is 6.26 Å². The van der Waals surface area contributed by atoms with Crippen molar-refractivity contribution in [1.29, 1.82) is 0 Å². The molecule has 0 saturated carbocycles. The summed E-state index contributed by atoms with van der Waals surface area (Å²) in [5.41, 5.74) is 1.93. The highest BCUT2D eigenvalue weighted by molar-refractivity contribution is 7.88. The standard InChI is InChI=1S/C15H17ClN2O2S/c1-21(19,20)18(12-14-3-2-9-17-11-14)10-8-13-4-6-15(16)7-5-13/h2-7,9,11H,8,10,12H2,1H3. The second kappa shape index (κ2) is 7.02. The first-order valence-corrected chi connectivity index (χ1v) is 8.76. The van der Waals surface area contributed by atoms with Gasteiger partial charge in [0.25, 0.3) is 0 Å². The highest BCUT2D eigenvalue weighted by atomic mass is 35.5. The highest BCUT2D eigenvalue weighted by Crippen LogP contribution is 2.12. The van der Waals surface area contributed by atoms with Gasteiger partial charge in [-0.05, 0) is 35.7 Å². The van der Waals surface area contributed by atoms with Crippen LogP contribution >= 0.6 is 11.6 Å². The van der Waals surface area contributed by atoms with Crippen molar-refractivity contribution in [2.24, 2.45) is 0 Å². The van der Waals surface area contributed by atoms with Crippen molar-refractivity contribution >= 4 is 21.6 Å². The van der Waals surface area contributed by atoms with E-state index in [1.807, 2.05) is 30.3 Å². The molecule has 0 aliphatic carbocycles. The van der Waals surface area contributed by atoms with Gasteiger partial charge in [0, 0.05) is 30.5 Å². The van der Waals surface area contributed by atoms with Crippen LogP contribution in [0.3, 0.4) is 0 Å². The quantitative estimate of drug-likeness (QED) is 0.821. The Balaban J connectivity index is 2.05. The molecule has 4 nitrogen and oxygen atoms in total. The molecule has 1 aromatic carbocycles. The summed E-state index contributed by atoms with van der Waals surface area (Å²) in [6, 6.07) is 11.1. The summed E-state index contributed by atoms with van der Waals surface area (Å²) < 4.78 is 25.2. The molecule has 21 heavy (non-hydrogen) atoms. The molecule has 0 N–H and O–H groups in total. The van der Waals surface area contributed by atoms with E-state index in [1.165, 1.54) is 10.6 Å². The maximum atomic E-state index is 11.9. The number of nitrogens with zero attached hydrogens (tertiary/aromatic N) is 2. The van der Waals surface area contributed by atoms with E-state index in [2.05, 4.69) is 4.98 Å². The normalized spacial score (nSPS) is 11.8. The predicted molar refractivity (Wildman–Crippen MR) is 84.6 cm³/mol. The fraction of sp³-hybridized carbons (Fsp3) is 0.267. The molecule has 0 radical (unpaired) electrons. The van der Waals surface area contributed by atoms with Gasteiger partial charge in [-0.2, -0.15) is 4.31 Å². The summed E-state index contributed by atoms with van der Waals surface area (Å²) in [5, 5.41) is 0.675. The molecule has 0 saturated heterocycles. The van der Waals surface area contributed by atoms with Crippen LogP contribution in [-0.2, 0) is 23.0 Å². The van der Waals surface area contributed by atoms with Gasteiger partial charge in [-0.3, -0.25) is 4.98 Å². The minimum absolute atomic E-state index is 0.334. The maximum Gasteiger partial charge on any atom is 0.211 e. The zero-order valence-electron chi connectivity index (χ0n) is 11.7. The summed E-state index contributed by atoms with van der Waals surface area (Å²) in [4.78, 5) is 4.01. The molecule has 1 heterocycles. The number of hydrogen-bond donors (Lipinski definition) is 0. The number of aromatic nitrogens is 1. The van der Waals surface area contributed by atoms with Gasteiger partial charge in [0.1, 0.15) is 0 Å². The molecule has 0 unspecified atom stereocenters. The van der Waals surface area contributed by atoms with Crippen LogP contribution in [-0.4, -0.2) is 30.5 Å². The fourth-order valence-corrected chi connectivity index (χ4v) is 2.89. The largest absolute Gasteiger partial charge is 0.264 e. The van der Waals surface area contributed by atoms with E-state index in [0.717, 1.165) is 11.1 Å². The van der Waals surface area contributed by atoms with E-state index in [9.17, 15) is 8.42 Å². The van der Waals surface area contributed by atoms with Crippen LogP contribution in [0.4, 0.5) is 0 Å². The van der Waals surface area contributed by atoms with Gasteiger partial charge in [0.15, 0.2) is 0 Å². The lowest BCUT2D eigenvalue weighted by atomic mass is 10.1. The van der Waals surface area contributed by atoms with Crippen LogP contribution in [0.25, 0.3) is 0 Å². The van der Waals surface area contributed by atoms with Crippen molar-refractivity contribution in [2.45, 2.75) is 13.0 Å². The summed E-state index contributed by atoms with van der Waals surface area (Å²) in [5.74, 6) is 0. The van der Waals surface area contributed by atoms with Crippen molar-refractivity contribution < 1.29 is 8.42 Å². The average Bonchev–Trinajstić information content (AvgIpc) is 2.45. The van der Waals surface area contributed by atoms with Crippen LogP contribution in [0.15, 0.2) is 48.8 Å². The Labute approximate surface area is 130 Å². The van der Waals surface area contributed by atoms with Gasteiger partial charge >= 0.3 is 0 Å². The third-order valence-electron chi connectivity index (χ3n) is 3.11. The summed E-state index contributed by atoms with van der Waals surface area (Å²) in [6.07, 6.45) is 5.22. The molecule has 112 valence electrons. The third-order valence-corrected chi connectivity index (χ3v) is 4.62. The summed E-state index contributed by atoms with van der Waals surface area (Å²) >= 11 is 5.84. The van der Waals surface area contributed by atoms with E-state index >= 15 is 0 Å². The summed E-state index contributed by atoms with van der Waals surface area (Å²) in [6.45, 7) is 0.760. The van der Waals surface area contributed by atoms with Gasteiger partial charge in [-0.15, -0.1) is 0 Å². The van der Waals surface area contributed by atoms with Gasteiger partial charge in [-0.1, -0.05) is 29.8 Å². The minimum Gasteiger partial charge on any atom is -0.264 e. The number of halogens is 1. The first-order chi connectivity index (χ1) is 9.95. The Kier molecular flexibility index (Phi) is 5.33. The Morgan fingerprint density at radius 2 is 1.86 bits per heavy atom. The molecule has 2 rings (SSSR count). The Hall–Kier alpha value is -1.43. The van der Waals surface area contributed by atoms with E-state index in [4.69, 9.17) is 11.6 Å². The van der Waals surface area contributed by atoms with E-state index in [0.29, 0.717) is 24.5 Å². The first kappa shape index (κ1) is 15.9. The van der Waals surface area contributed by atoms with E-state index < -0.39 is 10.0 Å². The van der Waals surface area contributed by atoms with Crippen LogP contribution in [0.1, 0.15) is 11.1 Å². The monoisotopic (exact) mass is 324 g/mol. The van der Waals surface area contributed by atoms with Gasteiger partial charge < -0.3 is 0 Å². The summed E-state index contributed by atoms with van der Waals surface area (Å²) in [7, 11) is -3.26. The van der Waals surface area contributed by atoms with Crippen molar-refractivity contribution in [3.63, 3.8) is 0 Å². The number of rotatable bonds is 6. The molecule has 0 spiro atoms. The zero-order valence-corrected chi connectivity index (χ0v) is 13.3. The maximum absolute atomic E-state index is 11.9. The number of hydrogen-bond acceptors (Lipinski definition) is 3. The van der Waals surface area contributed by atoms with Crippen molar-refractivity contribution in [3.8, 4) is 0 Å². The molecular weight excluding hydrogens is 308 g/mol. The molecule has 0 aliphatic rings. The predicted octanol–water partition coefficient (Wildman–Crippen LogP) is 2.74. The van der Waals surface area contributed by atoms with Crippen LogP contribution in [0, 0.1) is 0 Å². The van der Waals surface area contributed by atoms with Crippen LogP contribution in [0.2, 0.25) is 5.02 Å². The Morgan fingerprint density at radius 3 is 2.43 bits per heavy atom. The molecule has 0 fully saturated rings. The average molecular weight is 325 g/mol. The van der Waals surface area contributed by atoms with E-state index in [1.54, 1.807) is 18.5 Å².